The van der Waals surface area contributed by atoms with Crippen LogP contribution in [0.5, 0.6) is 0 Å². The fourth-order valence-electron chi connectivity index (χ4n) is 0. The van der Waals surface area contributed by atoms with Gasteiger partial charge in [0.2, 0.25) is 0 Å². The van der Waals surface area contributed by atoms with Gasteiger partial charge in [-0.15, -0.1) is 13.2 Å². The maximum Gasteiger partial charge on any atom is 0.0402 e. The van der Waals surface area contributed by atoms with E-state index in [4.69, 9.17) is 5.11 Å². The summed E-state index contributed by atoms with van der Waals surface area (Å²) >= 11 is 0. The summed E-state index contributed by atoms with van der Waals surface area (Å²) in [5.41, 5.74) is 0. The molecule has 0 rings (SSSR count). The third kappa shape index (κ3) is 224. The molecule has 0 spiro atoms. The van der Waals surface area contributed by atoms with Crippen molar-refractivity contribution in [2.75, 3.05) is 6.61 Å². The molecule has 0 saturated heterocycles. The summed E-state index contributed by atoms with van der Waals surface area (Å²) in [7, 11) is 0. The minimum Gasteiger partial charge on any atom is -0.397 e. The first-order valence-corrected chi connectivity index (χ1v) is 1.52. The zero-order chi connectivity index (χ0) is 4.71. The van der Waals surface area contributed by atoms with E-state index in [0.717, 1.165) is 0 Å². The van der Waals surface area contributed by atoms with Crippen molar-refractivity contribution in [3.63, 3.8) is 0 Å². The lowest BCUT2D eigenvalue weighted by Gasteiger charge is -1.52. The van der Waals surface area contributed by atoms with E-state index in [0.29, 0.717) is 0 Å². The summed E-state index contributed by atoms with van der Waals surface area (Å²) in [4.78, 5) is 0. The van der Waals surface area contributed by atoms with Crippen LogP contribution in [0.2, 0.25) is 0 Å². The minimum atomic E-state index is 0. The highest BCUT2D eigenvalue weighted by molar-refractivity contribution is 4.22. The summed E-state index contributed by atoms with van der Waals surface area (Å²) in [5.74, 6) is 0. The molecule has 2 heteroatoms. The van der Waals surface area contributed by atoms with Crippen LogP contribution >= 0.6 is 0 Å². The van der Waals surface area contributed by atoms with Gasteiger partial charge in [0, 0.05) is 6.61 Å². The van der Waals surface area contributed by atoms with Crippen molar-refractivity contribution in [2.45, 2.75) is 6.92 Å². The molecule has 0 heterocycles. The van der Waals surface area contributed by atoms with Crippen LogP contribution in [0.4, 0.5) is 0 Å². The standard InChI is InChI=1S/C2H6O.C2H4.H3N/c1-2-3;1-2;/h3H,2H2,1H3;1-2H2;1H3. The molecule has 0 fully saturated rings. The Morgan fingerprint density at radius 3 is 1.50 bits per heavy atom. The van der Waals surface area contributed by atoms with E-state index in [9.17, 15) is 0 Å². The molecule has 0 radical (unpaired) electrons. The Morgan fingerprint density at radius 1 is 1.50 bits per heavy atom. The molecule has 0 aromatic carbocycles. The van der Waals surface area contributed by atoms with Gasteiger partial charge in [0.05, 0.1) is 0 Å². The topological polar surface area (TPSA) is 55.2 Å². The maximum absolute atomic E-state index is 7.57. The van der Waals surface area contributed by atoms with Gasteiger partial charge in [0.25, 0.3) is 0 Å². The number of hydrogen-bond acceptors (Lipinski definition) is 2. The van der Waals surface area contributed by atoms with E-state index >= 15 is 0 Å². The maximum atomic E-state index is 7.57. The molecule has 0 aromatic heterocycles. The monoisotopic (exact) mass is 91.1 g/mol. The molecule has 0 amide bonds. The lowest BCUT2D eigenvalue weighted by Crippen LogP contribution is -1.57. The Balaban J connectivity index is -0.0000000275. The second kappa shape index (κ2) is 143. The molecule has 0 aromatic rings. The largest absolute Gasteiger partial charge is 0.397 e. The lowest BCUT2D eigenvalue weighted by atomic mass is 10.9. The summed E-state index contributed by atoms with van der Waals surface area (Å²) in [5, 5.41) is 7.57. The van der Waals surface area contributed by atoms with Crippen LogP contribution < -0.4 is 6.15 Å². The van der Waals surface area contributed by atoms with E-state index in [1.165, 1.54) is 0 Å². The smallest absolute Gasteiger partial charge is 0.0402 e. The van der Waals surface area contributed by atoms with E-state index < -0.39 is 0 Å². The Hall–Kier alpha value is -0.340. The van der Waals surface area contributed by atoms with E-state index in [1.807, 2.05) is 0 Å². The van der Waals surface area contributed by atoms with Gasteiger partial charge in [-0.25, -0.2) is 0 Å². The number of rotatable bonds is 0. The highest BCUT2D eigenvalue weighted by Crippen LogP contribution is 1.30. The third-order valence-corrected chi connectivity index (χ3v) is 0. The van der Waals surface area contributed by atoms with Crippen molar-refractivity contribution in [3.8, 4) is 0 Å². The van der Waals surface area contributed by atoms with Gasteiger partial charge in [0.15, 0.2) is 0 Å². The Bertz CT molecular complexity index is 11.5. The van der Waals surface area contributed by atoms with Crippen LogP contribution in [0.15, 0.2) is 13.2 Å². The number of aliphatic hydroxyl groups excluding tert-OH is 1. The molecule has 0 aliphatic carbocycles. The van der Waals surface area contributed by atoms with Crippen LogP contribution in [0.25, 0.3) is 0 Å². The highest BCUT2D eigenvalue weighted by atomic mass is 16.2. The van der Waals surface area contributed by atoms with Crippen LogP contribution in [-0.4, -0.2) is 11.7 Å². The molecule has 0 unspecified atom stereocenters. The zero-order valence-corrected chi connectivity index (χ0v) is 4.28. The predicted molar refractivity (Wildman–Crippen MR) is 29.0 cm³/mol. The van der Waals surface area contributed by atoms with Crippen LogP contribution in [0, 0.1) is 0 Å². The molecular weight excluding hydrogens is 78.0 g/mol. The van der Waals surface area contributed by atoms with Crippen molar-refractivity contribution in [3.05, 3.63) is 13.2 Å². The SMILES string of the molecule is C=C.CCO.N. The molecule has 40 valence electrons. The van der Waals surface area contributed by atoms with Gasteiger partial charge in [-0.2, -0.15) is 0 Å². The number of aliphatic hydroxyl groups is 1. The molecule has 0 bridgehead atoms. The van der Waals surface area contributed by atoms with Gasteiger partial charge in [-0.3, -0.25) is 0 Å². The van der Waals surface area contributed by atoms with Crippen molar-refractivity contribution in [2.24, 2.45) is 0 Å². The molecule has 2 nitrogen and oxygen atoms in total. The van der Waals surface area contributed by atoms with E-state index in [2.05, 4.69) is 13.2 Å². The van der Waals surface area contributed by atoms with Gasteiger partial charge >= 0.3 is 0 Å². The Labute approximate surface area is 39.1 Å². The number of hydrogen-bond donors (Lipinski definition) is 2. The first-order valence-electron chi connectivity index (χ1n) is 1.52. The molecule has 0 atom stereocenters. The lowest BCUT2D eigenvalue weighted by molar-refractivity contribution is 0.318. The molecule has 0 aliphatic rings. The Morgan fingerprint density at radius 2 is 1.50 bits per heavy atom. The van der Waals surface area contributed by atoms with E-state index in [-0.39, 0.29) is 12.8 Å². The quantitative estimate of drug-likeness (QED) is 0.436. The Kier molecular flexibility index (Phi) is 415. The summed E-state index contributed by atoms with van der Waals surface area (Å²) in [6, 6.07) is 0. The summed E-state index contributed by atoms with van der Waals surface area (Å²) in [6.45, 7) is 7.93. The third-order valence-electron chi connectivity index (χ3n) is 0. The normalized spacial score (nSPS) is 3.67. The second-order valence-corrected chi connectivity index (χ2v) is 0.316. The minimum absolute atomic E-state index is 0. The highest BCUT2D eigenvalue weighted by Gasteiger charge is 1.34. The average Bonchev–Trinajstić information content (AvgIpc) is 1.46. The fraction of sp³-hybridized carbons (Fsp3) is 0.500. The van der Waals surface area contributed by atoms with Gasteiger partial charge in [-0.05, 0) is 6.92 Å². The predicted octanol–water partition coefficient (Wildman–Crippen LogP) is 0.963. The first kappa shape index (κ1) is 17.4. The summed E-state index contributed by atoms with van der Waals surface area (Å²) in [6.07, 6.45) is 0. The van der Waals surface area contributed by atoms with Crippen LogP contribution in [0.3, 0.4) is 0 Å². The molecular formula is C4H13NO. The van der Waals surface area contributed by atoms with Crippen molar-refractivity contribution in [1.82, 2.24) is 6.15 Å². The average molecular weight is 91.2 g/mol. The van der Waals surface area contributed by atoms with Gasteiger partial charge in [0.1, 0.15) is 0 Å². The molecule has 0 saturated carbocycles. The molecule has 4 N–H and O–H groups in total. The van der Waals surface area contributed by atoms with Crippen molar-refractivity contribution in [1.29, 1.82) is 0 Å². The van der Waals surface area contributed by atoms with Crippen LogP contribution in [0.1, 0.15) is 6.92 Å². The van der Waals surface area contributed by atoms with Crippen LogP contribution in [-0.2, 0) is 0 Å². The second-order valence-electron chi connectivity index (χ2n) is 0.316. The molecule has 6 heavy (non-hydrogen) atoms. The first-order chi connectivity index (χ1) is 2.41. The fourth-order valence-corrected chi connectivity index (χ4v) is 0. The zero-order valence-electron chi connectivity index (χ0n) is 4.28. The molecule has 0 aliphatic heterocycles. The summed E-state index contributed by atoms with van der Waals surface area (Å²) < 4.78 is 0. The van der Waals surface area contributed by atoms with E-state index in [1.54, 1.807) is 6.92 Å². The van der Waals surface area contributed by atoms with Crippen molar-refractivity contribution < 1.29 is 5.11 Å². The van der Waals surface area contributed by atoms with Gasteiger partial charge < -0.3 is 11.3 Å². The van der Waals surface area contributed by atoms with Gasteiger partial charge in [-0.1, -0.05) is 0 Å². The van der Waals surface area contributed by atoms with Crippen molar-refractivity contribution >= 4 is 0 Å².